The van der Waals surface area contributed by atoms with Gasteiger partial charge in [-0.2, -0.15) is 8.78 Å². The van der Waals surface area contributed by atoms with Gasteiger partial charge in [-0.3, -0.25) is 0 Å². The second-order valence-electron chi connectivity index (χ2n) is 3.09. The minimum Gasteiger partial charge on any atom is -0.435 e. The van der Waals surface area contributed by atoms with Crippen LogP contribution in [0.3, 0.4) is 0 Å². The van der Waals surface area contributed by atoms with Crippen molar-refractivity contribution in [3.8, 4) is 0 Å². The molecule has 0 unspecified atom stereocenters. The first-order valence-electron chi connectivity index (χ1n) is 5.74. The average Bonchev–Trinajstić information content (AvgIpc) is 2.46. The second-order valence-corrected chi connectivity index (χ2v) is 3.09. The molecule has 0 amide bonds. The van der Waals surface area contributed by atoms with E-state index < -0.39 is 6.61 Å². The Labute approximate surface area is 96.5 Å². The third-order valence-electron chi connectivity index (χ3n) is 1.88. The second kappa shape index (κ2) is 9.13. The van der Waals surface area contributed by atoms with Gasteiger partial charge in [-0.15, -0.1) is 0 Å². The Morgan fingerprint density at radius 3 is 2.62 bits per heavy atom. The van der Waals surface area contributed by atoms with Crippen molar-refractivity contribution in [3.05, 3.63) is 35.6 Å². The summed E-state index contributed by atoms with van der Waals surface area (Å²) in [6.07, 6.45) is 9.78. The van der Waals surface area contributed by atoms with Gasteiger partial charge in [-0.1, -0.05) is 39.3 Å². The number of ether oxygens (including phenoxy) is 1. The Balaban J connectivity index is 0.00000106. The van der Waals surface area contributed by atoms with Crippen LogP contribution in [0.5, 0.6) is 0 Å². The Bertz CT molecular complexity index is 265. The fraction of sp³-hybridized carbons (Fsp3) is 0.538. The maximum atomic E-state index is 12.0. The van der Waals surface area contributed by atoms with Gasteiger partial charge in [-0.05, 0) is 30.6 Å². The van der Waals surface area contributed by atoms with Crippen LogP contribution in [-0.2, 0) is 4.74 Å². The fourth-order valence-corrected chi connectivity index (χ4v) is 1.32. The summed E-state index contributed by atoms with van der Waals surface area (Å²) in [7, 11) is 0. The van der Waals surface area contributed by atoms with E-state index in [0.29, 0.717) is 6.42 Å². The third kappa shape index (κ3) is 6.38. The molecule has 0 aromatic rings. The number of alkyl halides is 2. The minimum atomic E-state index is -2.74. The van der Waals surface area contributed by atoms with Gasteiger partial charge in [-0.25, -0.2) is 0 Å². The highest BCUT2D eigenvalue weighted by atomic mass is 19.3. The maximum Gasteiger partial charge on any atom is 0.387 e. The predicted molar refractivity (Wildman–Crippen MR) is 63.3 cm³/mol. The highest BCUT2D eigenvalue weighted by Crippen LogP contribution is 2.17. The van der Waals surface area contributed by atoms with E-state index in [1.54, 1.807) is 12.2 Å². The lowest BCUT2D eigenvalue weighted by Gasteiger charge is -2.05. The first-order chi connectivity index (χ1) is 7.72. The molecule has 0 spiro atoms. The summed E-state index contributed by atoms with van der Waals surface area (Å²) >= 11 is 0. The summed E-state index contributed by atoms with van der Waals surface area (Å²) in [6, 6.07) is 0. The molecule has 3 heteroatoms. The number of hydrogen-bond donors (Lipinski definition) is 0. The van der Waals surface area contributed by atoms with Crippen molar-refractivity contribution in [1.82, 2.24) is 0 Å². The molecule has 0 radical (unpaired) electrons. The highest BCUT2D eigenvalue weighted by molar-refractivity contribution is 5.30. The molecule has 0 aromatic carbocycles. The van der Waals surface area contributed by atoms with Gasteiger partial charge >= 0.3 is 6.61 Å². The molecule has 0 aromatic heterocycles. The van der Waals surface area contributed by atoms with Crippen LogP contribution in [-0.4, -0.2) is 6.61 Å². The number of allylic oxidation sites excluding steroid dienone is 5. The molecule has 1 aliphatic carbocycles. The van der Waals surface area contributed by atoms with Gasteiger partial charge in [0.1, 0.15) is 5.76 Å². The van der Waals surface area contributed by atoms with Crippen molar-refractivity contribution in [2.24, 2.45) is 0 Å². The van der Waals surface area contributed by atoms with Crippen molar-refractivity contribution in [2.75, 3.05) is 0 Å². The maximum absolute atomic E-state index is 12.0. The molecular weight excluding hydrogens is 210 g/mol. The normalized spacial score (nSPS) is 14.6. The van der Waals surface area contributed by atoms with Gasteiger partial charge in [0.05, 0.1) is 0 Å². The molecule has 1 nitrogen and oxygen atoms in total. The molecule has 16 heavy (non-hydrogen) atoms. The average molecular weight is 230 g/mol. The lowest BCUT2D eigenvalue weighted by atomic mass is 10.1. The van der Waals surface area contributed by atoms with Gasteiger partial charge in [0.2, 0.25) is 0 Å². The van der Waals surface area contributed by atoms with Crippen LogP contribution < -0.4 is 0 Å². The van der Waals surface area contributed by atoms with Crippen LogP contribution in [0.15, 0.2) is 35.6 Å². The van der Waals surface area contributed by atoms with Crippen molar-refractivity contribution in [3.63, 3.8) is 0 Å². The number of rotatable bonds is 4. The Morgan fingerprint density at radius 1 is 1.38 bits per heavy atom. The topological polar surface area (TPSA) is 9.23 Å². The van der Waals surface area contributed by atoms with Crippen LogP contribution in [0, 0.1) is 0 Å². The van der Waals surface area contributed by atoms with E-state index in [4.69, 9.17) is 0 Å². The number of hydrogen-bond acceptors (Lipinski definition) is 1. The zero-order valence-corrected chi connectivity index (χ0v) is 10.2. The summed E-state index contributed by atoms with van der Waals surface area (Å²) in [5.41, 5.74) is 1.04. The zero-order chi connectivity index (χ0) is 12.4. The molecule has 92 valence electrons. The van der Waals surface area contributed by atoms with Gasteiger partial charge in [0.25, 0.3) is 0 Å². The molecule has 1 rings (SSSR count). The highest BCUT2D eigenvalue weighted by Gasteiger charge is 2.06. The SMILES string of the molecule is CC.CCCC1=CC(OC(F)F)=CCC=C1. The molecule has 0 saturated heterocycles. The van der Waals surface area contributed by atoms with E-state index in [-0.39, 0.29) is 5.76 Å². The summed E-state index contributed by atoms with van der Waals surface area (Å²) in [4.78, 5) is 0. The van der Waals surface area contributed by atoms with Crippen LogP contribution in [0.25, 0.3) is 0 Å². The van der Waals surface area contributed by atoms with E-state index in [0.717, 1.165) is 18.4 Å². The van der Waals surface area contributed by atoms with Crippen molar-refractivity contribution >= 4 is 0 Å². The van der Waals surface area contributed by atoms with E-state index in [1.807, 2.05) is 26.0 Å². The Hall–Kier alpha value is -1.12. The van der Waals surface area contributed by atoms with Crippen molar-refractivity contribution in [1.29, 1.82) is 0 Å². The van der Waals surface area contributed by atoms with Crippen molar-refractivity contribution < 1.29 is 13.5 Å². The molecule has 0 saturated carbocycles. The third-order valence-corrected chi connectivity index (χ3v) is 1.88. The lowest BCUT2D eigenvalue weighted by molar-refractivity contribution is -0.0922. The van der Waals surface area contributed by atoms with Crippen LogP contribution in [0.1, 0.15) is 40.0 Å². The van der Waals surface area contributed by atoms with E-state index >= 15 is 0 Å². The van der Waals surface area contributed by atoms with Crippen molar-refractivity contribution in [2.45, 2.75) is 46.6 Å². The number of halogens is 2. The Morgan fingerprint density at radius 2 is 2.06 bits per heavy atom. The van der Waals surface area contributed by atoms with Gasteiger partial charge in [0, 0.05) is 0 Å². The molecule has 0 heterocycles. The van der Waals surface area contributed by atoms with Gasteiger partial charge in [0.15, 0.2) is 0 Å². The van der Waals surface area contributed by atoms with E-state index in [1.165, 1.54) is 0 Å². The first kappa shape index (κ1) is 14.9. The monoisotopic (exact) mass is 230 g/mol. The summed E-state index contributed by atoms with van der Waals surface area (Å²) < 4.78 is 28.3. The fourth-order valence-electron chi connectivity index (χ4n) is 1.32. The largest absolute Gasteiger partial charge is 0.435 e. The zero-order valence-electron chi connectivity index (χ0n) is 10.2. The predicted octanol–water partition coefficient (Wildman–Crippen LogP) is 4.82. The van der Waals surface area contributed by atoms with Gasteiger partial charge < -0.3 is 4.74 Å². The Kier molecular flexibility index (Phi) is 8.49. The van der Waals surface area contributed by atoms with Crippen LogP contribution in [0.4, 0.5) is 8.78 Å². The van der Waals surface area contributed by atoms with E-state index in [2.05, 4.69) is 11.7 Å². The smallest absolute Gasteiger partial charge is 0.387 e. The van der Waals surface area contributed by atoms with Crippen LogP contribution in [0.2, 0.25) is 0 Å². The summed E-state index contributed by atoms with van der Waals surface area (Å²) in [5.74, 6) is 0.272. The summed E-state index contributed by atoms with van der Waals surface area (Å²) in [6.45, 7) is 3.31. The van der Waals surface area contributed by atoms with Crippen LogP contribution >= 0.6 is 0 Å². The molecule has 0 atom stereocenters. The van der Waals surface area contributed by atoms with E-state index in [9.17, 15) is 8.78 Å². The summed E-state index contributed by atoms with van der Waals surface area (Å²) in [5, 5.41) is 0. The standard InChI is InChI=1S/C11H14F2O.C2H6/c1-2-5-9-6-3-4-7-10(8-9)14-11(12)13;1-2/h3,6-8,11H,2,4-5H2,1H3;1-2H3. The molecule has 0 bridgehead atoms. The lowest BCUT2D eigenvalue weighted by Crippen LogP contribution is -1.97. The molecule has 0 fully saturated rings. The first-order valence-corrected chi connectivity index (χ1v) is 5.74. The molecule has 0 aliphatic heterocycles. The quantitative estimate of drug-likeness (QED) is 0.672. The minimum absolute atomic E-state index is 0.272. The molecular formula is C13H20F2O. The molecule has 1 aliphatic rings. The molecule has 0 N–H and O–H groups in total.